The van der Waals surface area contributed by atoms with Gasteiger partial charge in [0.1, 0.15) is 5.69 Å². The summed E-state index contributed by atoms with van der Waals surface area (Å²) in [5, 5.41) is 3.50. The molecule has 4 nitrogen and oxygen atoms in total. The summed E-state index contributed by atoms with van der Waals surface area (Å²) in [7, 11) is 3.47. The second-order valence-electron chi connectivity index (χ2n) is 5.75. The van der Waals surface area contributed by atoms with Crippen LogP contribution in [0.2, 0.25) is 0 Å². The first-order chi connectivity index (χ1) is 8.40. The fraction of sp³-hybridized carbons (Fsp3) is 0.571. The van der Waals surface area contributed by atoms with Crippen molar-refractivity contribution >= 4 is 11.6 Å². The highest BCUT2D eigenvalue weighted by Gasteiger charge is 2.37. The summed E-state index contributed by atoms with van der Waals surface area (Å²) in [6.45, 7) is 4.41. The van der Waals surface area contributed by atoms with Crippen molar-refractivity contribution < 1.29 is 4.79 Å². The highest BCUT2D eigenvalue weighted by molar-refractivity contribution is 5.92. The number of hydrogen-bond donors (Lipinski definition) is 1. The minimum Gasteiger partial charge on any atom is -0.380 e. The number of carbonyl (C=O) groups excluding carboxylic acids is 1. The molecule has 1 aromatic heterocycles. The lowest BCUT2D eigenvalue weighted by atomic mass is 9.98. The Kier molecular flexibility index (Phi) is 3.28. The van der Waals surface area contributed by atoms with Crippen LogP contribution in [0.1, 0.15) is 37.2 Å². The molecule has 4 heteroatoms. The number of carbonyl (C=O) groups is 1. The molecule has 1 heterocycles. The van der Waals surface area contributed by atoms with Crippen molar-refractivity contribution in [2.75, 3.05) is 19.4 Å². The minimum absolute atomic E-state index is 0.0668. The van der Waals surface area contributed by atoms with Gasteiger partial charge in [0, 0.05) is 31.5 Å². The molecule has 0 saturated heterocycles. The van der Waals surface area contributed by atoms with Crippen LogP contribution in [0.25, 0.3) is 0 Å². The quantitative estimate of drug-likeness (QED) is 0.888. The van der Waals surface area contributed by atoms with Gasteiger partial charge in [0.2, 0.25) is 0 Å². The summed E-state index contributed by atoms with van der Waals surface area (Å²) in [6, 6.07) is 3.74. The number of hydrogen-bond acceptors (Lipinski definition) is 3. The minimum atomic E-state index is -0.0668. The molecule has 2 rings (SSSR count). The number of rotatable bonds is 4. The first kappa shape index (κ1) is 12.9. The van der Waals surface area contributed by atoms with E-state index in [2.05, 4.69) is 24.1 Å². The molecule has 98 valence electrons. The molecule has 1 N–H and O–H groups in total. The average Bonchev–Trinajstić information content (AvgIpc) is 3.11. The van der Waals surface area contributed by atoms with Crippen molar-refractivity contribution in [1.29, 1.82) is 0 Å². The van der Waals surface area contributed by atoms with E-state index >= 15 is 0 Å². The Bertz CT molecular complexity index is 450. The number of anilines is 1. The lowest BCUT2D eigenvalue weighted by molar-refractivity contribution is 0.0822. The van der Waals surface area contributed by atoms with Gasteiger partial charge in [-0.05, 0) is 44.7 Å². The molecular weight excluding hydrogens is 226 g/mol. The first-order valence-electron chi connectivity index (χ1n) is 6.36. The number of pyridine rings is 1. The van der Waals surface area contributed by atoms with Crippen LogP contribution in [-0.2, 0) is 0 Å². The van der Waals surface area contributed by atoms with Gasteiger partial charge in [-0.1, -0.05) is 0 Å². The van der Waals surface area contributed by atoms with Gasteiger partial charge in [0.15, 0.2) is 0 Å². The Balaban J connectivity index is 2.14. The van der Waals surface area contributed by atoms with E-state index in [4.69, 9.17) is 0 Å². The highest BCUT2D eigenvalue weighted by Crippen LogP contribution is 2.41. The van der Waals surface area contributed by atoms with Gasteiger partial charge in [-0.15, -0.1) is 0 Å². The second kappa shape index (κ2) is 4.59. The molecule has 0 atom stereocenters. The molecule has 1 amide bonds. The van der Waals surface area contributed by atoms with Crippen molar-refractivity contribution in [3.05, 3.63) is 24.0 Å². The fourth-order valence-electron chi connectivity index (χ4n) is 2.13. The number of nitrogens with zero attached hydrogens (tertiary/aromatic N) is 2. The van der Waals surface area contributed by atoms with Gasteiger partial charge < -0.3 is 10.2 Å². The number of amides is 1. The van der Waals surface area contributed by atoms with Gasteiger partial charge >= 0.3 is 0 Å². The third-order valence-corrected chi connectivity index (χ3v) is 3.45. The second-order valence-corrected chi connectivity index (χ2v) is 5.75. The fourth-order valence-corrected chi connectivity index (χ4v) is 2.13. The molecular formula is C14H21N3O. The van der Waals surface area contributed by atoms with E-state index in [0.717, 1.165) is 11.6 Å². The predicted molar refractivity (Wildman–Crippen MR) is 72.7 cm³/mol. The molecule has 18 heavy (non-hydrogen) atoms. The zero-order valence-electron chi connectivity index (χ0n) is 11.5. The van der Waals surface area contributed by atoms with Crippen LogP contribution in [0.5, 0.6) is 0 Å². The molecule has 0 unspecified atom stereocenters. The van der Waals surface area contributed by atoms with Gasteiger partial charge in [-0.2, -0.15) is 0 Å². The summed E-state index contributed by atoms with van der Waals surface area (Å²) < 4.78 is 0. The molecule has 1 saturated carbocycles. The highest BCUT2D eigenvalue weighted by atomic mass is 16.2. The maximum atomic E-state index is 11.8. The van der Waals surface area contributed by atoms with Crippen LogP contribution in [0, 0.1) is 5.92 Å². The monoisotopic (exact) mass is 247 g/mol. The average molecular weight is 247 g/mol. The van der Waals surface area contributed by atoms with E-state index in [-0.39, 0.29) is 11.4 Å². The molecule has 0 radical (unpaired) electrons. The van der Waals surface area contributed by atoms with E-state index in [0.29, 0.717) is 5.69 Å². The Morgan fingerprint density at radius 2 is 2.11 bits per heavy atom. The molecule has 1 aromatic rings. The summed E-state index contributed by atoms with van der Waals surface area (Å²) in [6.07, 6.45) is 4.26. The van der Waals surface area contributed by atoms with Gasteiger partial charge in [0.25, 0.3) is 5.91 Å². The molecule has 0 aromatic carbocycles. The first-order valence-corrected chi connectivity index (χ1v) is 6.36. The van der Waals surface area contributed by atoms with Crippen LogP contribution in [-0.4, -0.2) is 35.4 Å². The number of nitrogens with one attached hydrogen (secondary N) is 1. The van der Waals surface area contributed by atoms with Crippen molar-refractivity contribution in [3.8, 4) is 0 Å². The van der Waals surface area contributed by atoms with Crippen LogP contribution >= 0.6 is 0 Å². The summed E-state index contributed by atoms with van der Waals surface area (Å²) in [5.74, 6) is 0.668. The van der Waals surface area contributed by atoms with Crippen molar-refractivity contribution in [3.63, 3.8) is 0 Å². The standard InChI is InChI=1S/C14H21N3O/c1-14(2,10-5-6-10)16-11-7-8-15-12(9-11)13(18)17(3)4/h7-10H,5-6H2,1-4H3,(H,15,16). The van der Waals surface area contributed by atoms with Gasteiger partial charge in [0.05, 0.1) is 0 Å². The summed E-state index contributed by atoms with van der Waals surface area (Å²) in [4.78, 5) is 17.5. The van der Waals surface area contributed by atoms with Crippen molar-refractivity contribution in [1.82, 2.24) is 9.88 Å². The van der Waals surface area contributed by atoms with E-state index < -0.39 is 0 Å². The lowest BCUT2D eigenvalue weighted by Crippen LogP contribution is -2.33. The Hall–Kier alpha value is -1.58. The van der Waals surface area contributed by atoms with Gasteiger partial charge in [-0.25, -0.2) is 0 Å². The topological polar surface area (TPSA) is 45.2 Å². The molecule has 0 aliphatic heterocycles. The van der Waals surface area contributed by atoms with E-state index in [1.807, 2.05) is 12.1 Å². The third-order valence-electron chi connectivity index (χ3n) is 3.45. The molecule has 0 bridgehead atoms. The van der Waals surface area contributed by atoms with Crippen molar-refractivity contribution in [2.45, 2.75) is 32.2 Å². The van der Waals surface area contributed by atoms with Crippen LogP contribution in [0.3, 0.4) is 0 Å². The molecule has 1 aliphatic rings. The Morgan fingerprint density at radius 3 is 2.67 bits per heavy atom. The molecule has 1 aliphatic carbocycles. The maximum Gasteiger partial charge on any atom is 0.272 e. The zero-order valence-corrected chi connectivity index (χ0v) is 11.5. The summed E-state index contributed by atoms with van der Waals surface area (Å²) >= 11 is 0. The predicted octanol–water partition coefficient (Wildman–Crippen LogP) is 2.38. The van der Waals surface area contributed by atoms with E-state index in [1.54, 1.807) is 20.3 Å². The Labute approximate surface area is 108 Å². The van der Waals surface area contributed by atoms with Crippen LogP contribution < -0.4 is 5.32 Å². The van der Waals surface area contributed by atoms with E-state index in [9.17, 15) is 4.79 Å². The third kappa shape index (κ3) is 2.81. The summed E-state index contributed by atoms with van der Waals surface area (Å²) in [5.41, 5.74) is 1.53. The van der Waals surface area contributed by atoms with Gasteiger partial charge in [-0.3, -0.25) is 9.78 Å². The lowest BCUT2D eigenvalue weighted by Gasteiger charge is -2.27. The normalized spacial score (nSPS) is 15.3. The Morgan fingerprint density at radius 1 is 1.44 bits per heavy atom. The SMILES string of the molecule is CN(C)C(=O)c1cc(NC(C)(C)C2CC2)ccn1. The molecule has 0 spiro atoms. The van der Waals surface area contributed by atoms with Crippen LogP contribution in [0.4, 0.5) is 5.69 Å². The van der Waals surface area contributed by atoms with E-state index in [1.165, 1.54) is 17.7 Å². The number of aromatic nitrogens is 1. The van der Waals surface area contributed by atoms with Crippen LogP contribution in [0.15, 0.2) is 18.3 Å². The maximum absolute atomic E-state index is 11.8. The van der Waals surface area contributed by atoms with Crippen molar-refractivity contribution in [2.24, 2.45) is 5.92 Å². The zero-order chi connectivity index (χ0) is 13.3. The largest absolute Gasteiger partial charge is 0.380 e. The smallest absolute Gasteiger partial charge is 0.272 e. The molecule has 1 fully saturated rings.